The predicted molar refractivity (Wildman–Crippen MR) is 120 cm³/mol. The molecule has 4 aromatic rings. The van der Waals surface area contributed by atoms with Crippen molar-refractivity contribution in [2.45, 2.75) is 44.3 Å². The van der Waals surface area contributed by atoms with Gasteiger partial charge in [0.2, 0.25) is 5.89 Å². The van der Waals surface area contributed by atoms with Gasteiger partial charge >= 0.3 is 0 Å². The third-order valence-corrected chi connectivity index (χ3v) is 7.14. The Kier molecular flexibility index (Phi) is 4.88. The van der Waals surface area contributed by atoms with E-state index in [-0.39, 0.29) is 29.8 Å². The summed E-state index contributed by atoms with van der Waals surface area (Å²) in [5.41, 5.74) is 4.44. The largest absolute Gasteiger partial charge is 0.444 e. The first-order valence-corrected chi connectivity index (χ1v) is 11.4. The Labute approximate surface area is 194 Å². The van der Waals surface area contributed by atoms with Crippen molar-refractivity contribution in [1.29, 1.82) is 0 Å². The molecule has 0 radical (unpaired) electrons. The summed E-state index contributed by atoms with van der Waals surface area (Å²) in [5.74, 6) is -1.30. The molecule has 3 atom stereocenters. The van der Waals surface area contributed by atoms with Crippen LogP contribution in [0, 0.1) is 17.5 Å². The fraction of sp³-hybridized carbons (Fsp3) is 0.308. The molecule has 6 rings (SSSR count). The fourth-order valence-corrected chi connectivity index (χ4v) is 5.85. The van der Waals surface area contributed by atoms with Crippen molar-refractivity contribution < 1.29 is 17.6 Å². The normalized spacial score (nSPS) is 21.7. The van der Waals surface area contributed by atoms with Gasteiger partial charge in [0.1, 0.15) is 23.7 Å². The summed E-state index contributed by atoms with van der Waals surface area (Å²) in [6.07, 6.45) is 5.31. The van der Waals surface area contributed by atoms with Crippen LogP contribution in [0.1, 0.15) is 48.7 Å². The first kappa shape index (κ1) is 21.2. The highest BCUT2D eigenvalue weighted by atomic mass is 19.1. The molecule has 8 heteroatoms. The van der Waals surface area contributed by atoms with Gasteiger partial charge in [-0.15, -0.1) is 0 Å². The van der Waals surface area contributed by atoms with E-state index in [2.05, 4.69) is 16.8 Å². The molecule has 2 aromatic carbocycles. The maximum Gasteiger partial charge on any atom is 0.229 e. The summed E-state index contributed by atoms with van der Waals surface area (Å²) in [6, 6.07) is 8.90. The summed E-state index contributed by atoms with van der Waals surface area (Å²) in [7, 11) is 1.81. The lowest BCUT2D eigenvalue weighted by Gasteiger charge is -2.55. The molecule has 0 amide bonds. The Morgan fingerprint density at radius 1 is 1.12 bits per heavy atom. The second kappa shape index (κ2) is 7.84. The Morgan fingerprint density at radius 3 is 2.62 bits per heavy atom. The molecule has 1 fully saturated rings. The first-order chi connectivity index (χ1) is 16.5. The average molecular weight is 464 g/mol. The van der Waals surface area contributed by atoms with Crippen LogP contribution < -0.4 is 0 Å². The number of benzene rings is 2. The van der Waals surface area contributed by atoms with Gasteiger partial charge in [-0.05, 0) is 43.0 Å². The second-order valence-corrected chi connectivity index (χ2v) is 9.02. The topological polar surface area (TPSA) is 47.1 Å². The van der Waals surface area contributed by atoms with E-state index in [1.54, 1.807) is 10.7 Å². The van der Waals surface area contributed by atoms with E-state index in [1.165, 1.54) is 30.7 Å². The van der Waals surface area contributed by atoms with Crippen LogP contribution in [0.2, 0.25) is 0 Å². The standard InChI is InChI=1S/C26H23F3N4O/c1-3-21-24-19(25(32(2)31-24)14-9-15(27)11-16(28)10-14)12-17-13-22(33(17)21)18-5-4-6-20(29)23(18)26-30-7-8-34-26/h4-11,17,21-22H,3,12-13H2,1-2H3/t17-,21?,22?/m0/s1. The summed E-state index contributed by atoms with van der Waals surface area (Å²) in [5, 5.41) is 4.80. The lowest BCUT2D eigenvalue weighted by molar-refractivity contribution is -0.0413. The Balaban J connectivity index is 1.42. The van der Waals surface area contributed by atoms with Gasteiger partial charge in [-0.1, -0.05) is 19.1 Å². The molecule has 34 heavy (non-hydrogen) atoms. The van der Waals surface area contributed by atoms with Crippen LogP contribution in [0.25, 0.3) is 22.7 Å². The highest BCUT2D eigenvalue weighted by molar-refractivity contribution is 5.66. The molecule has 4 heterocycles. The number of aryl methyl sites for hydroxylation is 1. The molecule has 1 saturated heterocycles. The molecule has 0 aliphatic carbocycles. The molecule has 2 unspecified atom stereocenters. The van der Waals surface area contributed by atoms with Gasteiger partial charge in [0.25, 0.3) is 0 Å². The Bertz CT molecular complexity index is 1360. The van der Waals surface area contributed by atoms with E-state index in [0.29, 0.717) is 17.5 Å². The number of rotatable bonds is 4. The monoisotopic (exact) mass is 464 g/mol. The molecule has 2 aliphatic rings. The summed E-state index contributed by atoms with van der Waals surface area (Å²) >= 11 is 0. The quantitative estimate of drug-likeness (QED) is 0.373. The van der Waals surface area contributed by atoms with E-state index >= 15 is 0 Å². The molecule has 2 aliphatic heterocycles. The maximum atomic E-state index is 14.9. The van der Waals surface area contributed by atoms with Gasteiger partial charge in [0.05, 0.1) is 29.2 Å². The lowest BCUT2D eigenvalue weighted by Crippen LogP contribution is -2.55. The predicted octanol–water partition coefficient (Wildman–Crippen LogP) is 5.98. The number of oxazole rings is 1. The van der Waals surface area contributed by atoms with Gasteiger partial charge in [0, 0.05) is 36.3 Å². The van der Waals surface area contributed by atoms with Crippen molar-refractivity contribution in [3.05, 3.63) is 83.1 Å². The third kappa shape index (κ3) is 3.12. The van der Waals surface area contributed by atoms with Crippen LogP contribution >= 0.6 is 0 Å². The van der Waals surface area contributed by atoms with E-state index in [4.69, 9.17) is 9.52 Å². The molecule has 0 spiro atoms. The summed E-state index contributed by atoms with van der Waals surface area (Å²) in [6.45, 7) is 2.10. The minimum Gasteiger partial charge on any atom is -0.444 e. The number of hydrogen-bond donors (Lipinski definition) is 0. The van der Waals surface area contributed by atoms with Crippen molar-refractivity contribution in [3.8, 4) is 22.7 Å². The van der Waals surface area contributed by atoms with Gasteiger partial charge in [0.15, 0.2) is 0 Å². The summed E-state index contributed by atoms with van der Waals surface area (Å²) in [4.78, 5) is 6.58. The zero-order valence-electron chi connectivity index (χ0n) is 18.8. The van der Waals surface area contributed by atoms with E-state index in [9.17, 15) is 13.2 Å². The first-order valence-electron chi connectivity index (χ1n) is 11.4. The van der Waals surface area contributed by atoms with Crippen LogP contribution in [0.4, 0.5) is 13.2 Å². The summed E-state index contributed by atoms with van der Waals surface area (Å²) < 4.78 is 50.0. The maximum absolute atomic E-state index is 14.9. The van der Waals surface area contributed by atoms with Crippen LogP contribution in [-0.4, -0.2) is 25.7 Å². The fourth-order valence-electron chi connectivity index (χ4n) is 5.85. The zero-order chi connectivity index (χ0) is 23.6. The molecular weight excluding hydrogens is 441 g/mol. The number of fused-ring (bicyclic) bond motifs is 2. The van der Waals surface area contributed by atoms with Gasteiger partial charge < -0.3 is 4.42 Å². The van der Waals surface area contributed by atoms with E-state index in [1.807, 2.05) is 13.1 Å². The SMILES string of the molecule is CCC1c2nn(C)c(-c3cc(F)cc(F)c3)c2C[C@H]2CC(c3cccc(F)c3-c3ncco3)N12. The average Bonchev–Trinajstić information content (AvgIpc) is 3.41. The highest BCUT2D eigenvalue weighted by Gasteiger charge is 2.49. The number of aromatic nitrogens is 3. The molecule has 0 N–H and O–H groups in total. The third-order valence-electron chi connectivity index (χ3n) is 7.14. The van der Waals surface area contributed by atoms with Crippen molar-refractivity contribution in [3.63, 3.8) is 0 Å². The van der Waals surface area contributed by atoms with Crippen molar-refractivity contribution >= 4 is 0 Å². The number of halogens is 3. The highest BCUT2D eigenvalue weighted by Crippen LogP contribution is 2.53. The Morgan fingerprint density at radius 2 is 1.91 bits per heavy atom. The molecule has 0 bridgehead atoms. The van der Waals surface area contributed by atoms with Crippen LogP contribution in [0.3, 0.4) is 0 Å². The molecule has 5 nitrogen and oxygen atoms in total. The molecule has 0 saturated carbocycles. The van der Waals surface area contributed by atoms with Crippen molar-refractivity contribution in [2.24, 2.45) is 7.05 Å². The zero-order valence-corrected chi connectivity index (χ0v) is 18.8. The van der Waals surface area contributed by atoms with Gasteiger partial charge in [-0.2, -0.15) is 5.10 Å². The van der Waals surface area contributed by atoms with Gasteiger partial charge in [-0.3, -0.25) is 9.58 Å². The molecular formula is C26H23F3N4O. The Hall–Kier alpha value is -3.39. The van der Waals surface area contributed by atoms with Gasteiger partial charge in [-0.25, -0.2) is 18.2 Å². The van der Waals surface area contributed by atoms with E-state index in [0.717, 1.165) is 41.4 Å². The van der Waals surface area contributed by atoms with Crippen LogP contribution in [0.5, 0.6) is 0 Å². The van der Waals surface area contributed by atoms with Crippen molar-refractivity contribution in [1.82, 2.24) is 19.7 Å². The number of nitrogens with zero attached hydrogens (tertiary/aromatic N) is 4. The van der Waals surface area contributed by atoms with E-state index < -0.39 is 11.6 Å². The second-order valence-electron chi connectivity index (χ2n) is 9.02. The molecule has 174 valence electrons. The van der Waals surface area contributed by atoms with Crippen LogP contribution in [0.15, 0.2) is 53.3 Å². The minimum atomic E-state index is -0.608. The van der Waals surface area contributed by atoms with Crippen LogP contribution in [-0.2, 0) is 13.5 Å². The minimum absolute atomic E-state index is 0.00206. The van der Waals surface area contributed by atoms with Crippen molar-refractivity contribution in [2.75, 3.05) is 0 Å². The lowest BCUT2D eigenvalue weighted by atomic mass is 9.75. The smallest absolute Gasteiger partial charge is 0.229 e. The number of hydrogen-bond acceptors (Lipinski definition) is 4. The molecule has 2 aromatic heterocycles.